The molecule has 174 valence electrons. The summed E-state index contributed by atoms with van der Waals surface area (Å²) >= 11 is 0. The number of hydrogen-bond donors (Lipinski definition) is 1. The fourth-order valence-electron chi connectivity index (χ4n) is 6.31. The number of allylic oxidation sites excluding steroid dienone is 1. The summed E-state index contributed by atoms with van der Waals surface area (Å²) in [6.45, 7) is 8.20. The zero-order valence-electron chi connectivity index (χ0n) is 19.1. The van der Waals surface area contributed by atoms with Crippen molar-refractivity contribution >= 4 is 17.7 Å². The molecule has 1 saturated carbocycles. The van der Waals surface area contributed by atoms with E-state index in [0.29, 0.717) is 18.4 Å². The van der Waals surface area contributed by atoms with Crippen LogP contribution in [0.1, 0.15) is 38.8 Å². The van der Waals surface area contributed by atoms with Gasteiger partial charge in [0.25, 0.3) is 0 Å². The van der Waals surface area contributed by atoms with E-state index < -0.39 is 6.41 Å². The lowest BCUT2D eigenvalue weighted by atomic mass is 9.59. The largest absolute Gasteiger partial charge is 0.462 e. The van der Waals surface area contributed by atoms with E-state index >= 15 is 0 Å². The first-order valence-electron chi connectivity index (χ1n) is 12.2. The average molecular weight is 442 g/mol. The second kappa shape index (κ2) is 9.12. The van der Waals surface area contributed by atoms with Crippen LogP contribution in [-0.4, -0.2) is 66.3 Å². The molecule has 4 fully saturated rings. The third-order valence-electron chi connectivity index (χ3n) is 8.04. The lowest BCUT2D eigenvalue weighted by Crippen LogP contribution is -2.53. The van der Waals surface area contributed by atoms with E-state index in [1.807, 2.05) is 24.9 Å². The molecule has 3 saturated heterocycles. The van der Waals surface area contributed by atoms with E-state index in [9.17, 15) is 9.90 Å². The highest BCUT2D eigenvalue weighted by Gasteiger charge is 2.54. The van der Waals surface area contributed by atoms with Crippen molar-refractivity contribution < 1.29 is 19.4 Å². The van der Waals surface area contributed by atoms with Gasteiger partial charge in [0.2, 0.25) is 6.41 Å². The van der Waals surface area contributed by atoms with Crippen molar-refractivity contribution in [2.75, 3.05) is 37.7 Å². The van der Waals surface area contributed by atoms with Gasteiger partial charge in [0.15, 0.2) is 0 Å². The Morgan fingerprint density at radius 2 is 2.19 bits per heavy atom. The van der Waals surface area contributed by atoms with E-state index in [4.69, 9.17) is 9.47 Å². The van der Waals surface area contributed by atoms with Crippen LogP contribution in [0.2, 0.25) is 0 Å². The maximum Gasteiger partial charge on any atom is 0.309 e. The van der Waals surface area contributed by atoms with Crippen molar-refractivity contribution in [2.24, 2.45) is 29.6 Å². The number of likely N-dealkylation sites (tertiary alicyclic amines) is 1. The van der Waals surface area contributed by atoms with Crippen LogP contribution in [0, 0.1) is 29.6 Å². The molecule has 1 aliphatic carbocycles. The minimum Gasteiger partial charge on any atom is -0.462 e. The Labute approximate surface area is 190 Å². The molecule has 0 amide bonds. The predicted molar refractivity (Wildman–Crippen MR) is 122 cm³/mol. The zero-order chi connectivity index (χ0) is 22.2. The Balaban J connectivity index is 1.35. The van der Waals surface area contributed by atoms with E-state index in [0.717, 1.165) is 44.7 Å². The second-order valence-corrected chi connectivity index (χ2v) is 9.77. The first-order chi connectivity index (χ1) is 15.5. The molecule has 0 bridgehead atoms. The molecule has 1 aromatic rings. The topological polar surface area (TPSA) is 75.1 Å². The number of hydrogen-bond acceptors (Lipinski definition) is 7. The van der Waals surface area contributed by atoms with Crippen molar-refractivity contribution in [1.82, 2.24) is 9.88 Å². The number of pyridine rings is 1. The molecule has 7 atom stereocenters. The number of ether oxygens (including phenoxy) is 2. The van der Waals surface area contributed by atoms with E-state index in [2.05, 4.69) is 34.2 Å². The highest BCUT2D eigenvalue weighted by Crippen LogP contribution is 2.51. The van der Waals surface area contributed by atoms with Crippen LogP contribution in [-0.2, 0) is 14.3 Å². The number of aromatic nitrogens is 1. The van der Waals surface area contributed by atoms with Crippen LogP contribution in [0.15, 0.2) is 24.4 Å². The summed E-state index contributed by atoms with van der Waals surface area (Å²) in [6, 6.07) is 4.24. The van der Waals surface area contributed by atoms with Crippen molar-refractivity contribution in [2.45, 2.75) is 45.6 Å². The van der Waals surface area contributed by atoms with Gasteiger partial charge in [0.1, 0.15) is 6.10 Å². The molecule has 1 aromatic heterocycles. The van der Waals surface area contributed by atoms with Gasteiger partial charge in [-0.1, -0.05) is 6.08 Å². The molecule has 1 N–H and O–H groups in total. The van der Waals surface area contributed by atoms with E-state index in [1.165, 1.54) is 12.1 Å². The summed E-state index contributed by atoms with van der Waals surface area (Å²) < 4.78 is 11.1. The van der Waals surface area contributed by atoms with Crippen LogP contribution in [0.4, 0.5) is 5.69 Å². The third kappa shape index (κ3) is 4.06. The fourth-order valence-corrected chi connectivity index (χ4v) is 6.31. The average Bonchev–Trinajstić information content (AvgIpc) is 3.04. The maximum atomic E-state index is 12.6. The molecular weight excluding hydrogens is 406 g/mol. The maximum absolute atomic E-state index is 12.6. The highest BCUT2D eigenvalue weighted by atomic mass is 16.6. The molecular formula is C25H35N3O4. The minimum absolute atomic E-state index is 0.0566. The Morgan fingerprint density at radius 1 is 1.34 bits per heavy atom. The van der Waals surface area contributed by atoms with Crippen LogP contribution in [0.5, 0.6) is 0 Å². The van der Waals surface area contributed by atoms with Gasteiger partial charge in [0.05, 0.1) is 23.5 Å². The number of esters is 1. The van der Waals surface area contributed by atoms with Crippen molar-refractivity contribution in [3.05, 3.63) is 30.1 Å². The Kier molecular flexibility index (Phi) is 6.23. The first-order valence-corrected chi connectivity index (χ1v) is 12.2. The minimum atomic E-state index is -0.865. The number of piperidine rings is 1. The zero-order valence-corrected chi connectivity index (χ0v) is 19.1. The Bertz CT molecular complexity index is 840. The van der Waals surface area contributed by atoms with Crippen LogP contribution in [0.25, 0.3) is 6.08 Å². The fraction of sp³-hybridized carbons (Fsp3) is 0.680. The quantitative estimate of drug-likeness (QED) is 0.537. The van der Waals surface area contributed by atoms with Gasteiger partial charge in [-0.15, -0.1) is 0 Å². The van der Waals surface area contributed by atoms with Gasteiger partial charge < -0.3 is 19.5 Å². The normalized spacial score (nSPS) is 35.8. The number of nitrogens with zero attached hydrogens (tertiary/aromatic N) is 3. The van der Waals surface area contributed by atoms with Crippen molar-refractivity contribution in [3.63, 3.8) is 0 Å². The summed E-state index contributed by atoms with van der Waals surface area (Å²) in [4.78, 5) is 21.6. The van der Waals surface area contributed by atoms with Gasteiger partial charge >= 0.3 is 5.97 Å². The number of carbonyl (C=O) groups excluding carboxylic acids is 1. The molecule has 0 spiro atoms. The molecule has 0 aromatic carbocycles. The third-order valence-corrected chi connectivity index (χ3v) is 8.04. The summed E-state index contributed by atoms with van der Waals surface area (Å²) in [5.41, 5.74) is 2.14. The lowest BCUT2D eigenvalue weighted by Gasteiger charge is -2.49. The van der Waals surface area contributed by atoms with Crippen LogP contribution < -0.4 is 4.90 Å². The molecule has 1 unspecified atom stereocenters. The summed E-state index contributed by atoms with van der Waals surface area (Å²) in [7, 11) is 0. The number of carbonyl (C=O) groups is 1. The second-order valence-electron chi connectivity index (χ2n) is 9.77. The molecule has 32 heavy (non-hydrogen) atoms. The van der Waals surface area contributed by atoms with E-state index in [1.54, 1.807) is 0 Å². The molecule has 0 radical (unpaired) electrons. The number of fused-ring (bicyclic) bond motifs is 2. The van der Waals surface area contributed by atoms with Crippen LogP contribution in [0.3, 0.4) is 0 Å². The molecule has 7 nitrogen and oxygen atoms in total. The summed E-state index contributed by atoms with van der Waals surface area (Å²) in [5.74, 6) is 1.17. The first kappa shape index (κ1) is 21.9. The Morgan fingerprint density at radius 3 is 2.88 bits per heavy atom. The number of aliphatic hydroxyl groups excluding tert-OH is 1. The summed E-state index contributed by atoms with van der Waals surface area (Å²) in [5, 5.41) is 10.3. The number of aliphatic hydroxyl groups is 1. The van der Waals surface area contributed by atoms with Crippen molar-refractivity contribution in [1.29, 1.82) is 0 Å². The van der Waals surface area contributed by atoms with Crippen LogP contribution >= 0.6 is 0 Å². The summed E-state index contributed by atoms with van der Waals surface area (Å²) in [6.07, 6.45) is 8.52. The molecule has 7 heteroatoms. The standard InChI is InChI=1S/C25H35N3O4/c1-3-31-25(30)28-12-9-20-17(15-28)13-22-23(16(2)32-24(22)29)21(20)8-6-18-5-7-19(14-26-18)27-10-4-11-27/h5-8,14,16-17,20-23,25,30H,3-4,9-13,15H2,1-2H3/b8-6+/t16-,17-,20-,21+,22-,23+,25?/m1/s1. The molecule has 3 aliphatic heterocycles. The van der Waals surface area contributed by atoms with Gasteiger partial charge in [0, 0.05) is 38.7 Å². The predicted octanol–water partition coefficient (Wildman–Crippen LogP) is 2.75. The Hall–Kier alpha value is -1.96. The number of cyclic esters (lactones) is 1. The van der Waals surface area contributed by atoms with E-state index in [-0.39, 0.29) is 29.8 Å². The van der Waals surface area contributed by atoms with Gasteiger partial charge in [-0.3, -0.25) is 14.7 Å². The molecule has 5 rings (SSSR count). The van der Waals surface area contributed by atoms with Gasteiger partial charge in [-0.05, 0) is 69.1 Å². The molecule has 4 heterocycles. The number of rotatable bonds is 6. The smallest absolute Gasteiger partial charge is 0.309 e. The van der Waals surface area contributed by atoms with Gasteiger partial charge in [-0.25, -0.2) is 0 Å². The highest BCUT2D eigenvalue weighted by molar-refractivity contribution is 5.75. The van der Waals surface area contributed by atoms with Crippen molar-refractivity contribution in [3.8, 4) is 0 Å². The monoisotopic (exact) mass is 441 g/mol. The lowest BCUT2D eigenvalue weighted by molar-refractivity contribution is -0.207. The number of anilines is 1. The molecule has 4 aliphatic rings. The van der Waals surface area contributed by atoms with Gasteiger partial charge in [-0.2, -0.15) is 0 Å². The SMILES string of the molecule is CCOC(O)N1CC[C@@H]2[C@H](C[C@H]3C(=O)O[C@H](C)[C@H]3[C@H]2/C=C/c2ccc(N3CCC3)cn2)C1.